The highest BCUT2D eigenvalue weighted by Crippen LogP contribution is 2.15. The van der Waals surface area contributed by atoms with Gasteiger partial charge in [0.25, 0.3) is 0 Å². The van der Waals surface area contributed by atoms with Gasteiger partial charge in [-0.15, -0.1) is 0 Å². The maximum absolute atomic E-state index is 13.2. The molecule has 0 radical (unpaired) electrons. The number of anilines is 1. The number of piperazine rings is 1. The van der Waals surface area contributed by atoms with Gasteiger partial charge in [-0.1, -0.05) is 18.2 Å². The first-order chi connectivity index (χ1) is 10.7. The van der Waals surface area contributed by atoms with Crippen LogP contribution < -0.4 is 4.90 Å². The van der Waals surface area contributed by atoms with Gasteiger partial charge >= 0.3 is 0 Å². The monoisotopic (exact) mass is 296 g/mol. The van der Waals surface area contributed by atoms with E-state index in [0.717, 1.165) is 44.1 Å². The summed E-state index contributed by atoms with van der Waals surface area (Å²) >= 11 is 0. The molecule has 0 spiro atoms. The Kier molecular flexibility index (Phi) is 4.31. The van der Waals surface area contributed by atoms with E-state index < -0.39 is 0 Å². The van der Waals surface area contributed by atoms with Gasteiger partial charge in [-0.25, -0.2) is 9.37 Å². The van der Waals surface area contributed by atoms with Gasteiger partial charge in [0, 0.05) is 32.7 Å². The van der Waals surface area contributed by atoms with Crippen molar-refractivity contribution in [2.45, 2.75) is 6.54 Å². The van der Waals surface area contributed by atoms with Crippen molar-refractivity contribution >= 4 is 5.82 Å². The SMILES string of the molecule is N#Cc1cccc(N2CCN(Cc3cccc(F)c3)CC2)n1. The normalized spacial score (nSPS) is 15.5. The van der Waals surface area contributed by atoms with Crippen LogP contribution in [0.2, 0.25) is 0 Å². The van der Waals surface area contributed by atoms with Gasteiger partial charge in [-0.2, -0.15) is 5.26 Å². The highest BCUT2D eigenvalue weighted by atomic mass is 19.1. The standard InChI is InChI=1S/C17H17FN4/c18-15-4-1-3-14(11-15)13-21-7-9-22(10-8-21)17-6-2-5-16(12-19)20-17/h1-6,11H,7-10,13H2. The summed E-state index contributed by atoms with van der Waals surface area (Å²) < 4.78 is 13.2. The Balaban J connectivity index is 1.59. The highest BCUT2D eigenvalue weighted by molar-refractivity contribution is 5.42. The third-order valence-electron chi connectivity index (χ3n) is 3.84. The summed E-state index contributed by atoms with van der Waals surface area (Å²) in [6.45, 7) is 4.27. The third kappa shape index (κ3) is 3.41. The topological polar surface area (TPSA) is 43.2 Å². The van der Waals surface area contributed by atoms with Crippen LogP contribution in [0.1, 0.15) is 11.3 Å². The number of nitriles is 1. The number of aromatic nitrogens is 1. The van der Waals surface area contributed by atoms with E-state index in [1.807, 2.05) is 18.2 Å². The van der Waals surface area contributed by atoms with E-state index in [4.69, 9.17) is 5.26 Å². The zero-order valence-corrected chi connectivity index (χ0v) is 12.2. The highest BCUT2D eigenvalue weighted by Gasteiger charge is 2.18. The molecule has 1 fully saturated rings. The molecule has 0 saturated carbocycles. The minimum atomic E-state index is -0.186. The van der Waals surface area contributed by atoms with Crippen LogP contribution in [-0.2, 0) is 6.54 Å². The first-order valence-corrected chi connectivity index (χ1v) is 7.33. The molecule has 3 rings (SSSR count). The second-order valence-corrected chi connectivity index (χ2v) is 5.39. The number of nitrogens with zero attached hydrogens (tertiary/aromatic N) is 4. The summed E-state index contributed by atoms with van der Waals surface area (Å²) in [6, 6.07) is 14.3. The lowest BCUT2D eigenvalue weighted by Gasteiger charge is -2.35. The maximum Gasteiger partial charge on any atom is 0.142 e. The number of hydrogen-bond acceptors (Lipinski definition) is 4. The largest absolute Gasteiger partial charge is 0.354 e. The van der Waals surface area contributed by atoms with Gasteiger partial charge in [0.15, 0.2) is 0 Å². The first-order valence-electron chi connectivity index (χ1n) is 7.33. The molecule has 112 valence electrons. The molecule has 22 heavy (non-hydrogen) atoms. The molecule has 5 heteroatoms. The van der Waals surface area contributed by atoms with Crippen molar-refractivity contribution in [3.63, 3.8) is 0 Å². The molecule has 0 atom stereocenters. The lowest BCUT2D eigenvalue weighted by atomic mass is 10.2. The van der Waals surface area contributed by atoms with Gasteiger partial charge in [-0.3, -0.25) is 4.90 Å². The van der Waals surface area contributed by atoms with Crippen LogP contribution in [0.4, 0.5) is 10.2 Å². The van der Waals surface area contributed by atoms with Crippen molar-refractivity contribution in [2.75, 3.05) is 31.1 Å². The summed E-state index contributed by atoms with van der Waals surface area (Å²) in [5.74, 6) is 0.665. The van der Waals surface area contributed by atoms with Crippen molar-refractivity contribution in [1.82, 2.24) is 9.88 Å². The molecule has 0 bridgehead atoms. The Morgan fingerprint density at radius 3 is 2.59 bits per heavy atom. The zero-order valence-electron chi connectivity index (χ0n) is 12.2. The Morgan fingerprint density at radius 1 is 1.09 bits per heavy atom. The van der Waals surface area contributed by atoms with E-state index in [0.29, 0.717) is 5.69 Å². The van der Waals surface area contributed by atoms with E-state index in [2.05, 4.69) is 20.9 Å². The smallest absolute Gasteiger partial charge is 0.142 e. The van der Waals surface area contributed by atoms with Gasteiger partial charge in [0.2, 0.25) is 0 Å². The van der Waals surface area contributed by atoms with E-state index >= 15 is 0 Å². The van der Waals surface area contributed by atoms with E-state index in [1.54, 1.807) is 18.2 Å². The number of pyridine rings is 1. The summed E-state index contributed by atoms with van der Waals surface area (Å²) in [6.07, 6.45) is 0. The molecular formula is C17H17FN4. The molecule has 1 aliphatic rings. The fraction of sp³-hybridized carbons (Fsp3) is 0.294. The minimum absolute atomic E-state index is 0.186. The molecule has 2 aromatic rings. The van der Waals surface area contributed by atoms with Crippen LogP contribution in [0.5, 0.6) is 0 Å². The molecule has 0 amide bonds. The van der Waals surface area contributed by atoms with Crippen LogP contribution in [0, 0.1) is 17.1 Å². The van der Waals surface area contributed by atoms with Gasteiger partial charge in [0.1, 0.15) is 23.4 Å². The minimum Gasteiger partial charge on any atom is -0.354 e. The lowest BCUT2D eigenvalue weighted by Crippen LogP contribution is -2.46. The average molecular weight is 296 g/mol. The summed E-state index contributed by atoms with van der Waals surface area (Å²) in [5, 5.41) is 8.92. The van der Waals surface area contributed by atoms with E-state index in [-0.39, 0.29) is 5.82 Å². The van der Waals surface area contributed by atoms with Crippen molar-refractivity contribution < 1.29 is 4.39 Å². The van der Waals surface area contributed by atoms with Gasteiger partial charge in [-0.05, 0) is 29.8 Å². The third-order valence-corrected chi connectivity index (χ3v) is 3.84. The van der Waals surface area contributed by atoms with Crippen LogP contribution in [0.15, 0.2) is 42.5 Å². The average Bonchev–Trinajstić information content (AvgIpc) is 2.56. The van der Waals surface area contributed by atoms with Crippen LogP contribution in [0.25, 0.3) is 0 Å². The molecule has 1 aliphatic heterocycles. The molecule has 0 N–H and O–H groups in total. The van der Waals surface area contributed by atoms with E-state index in [1.165, 1.54) is 6.07 Å². The number of hydrogen-bond donors (Lipinski definition) is 0. The Hall–Kier alpha value is -2.45. The van der Waals surface area contributed by atoms with Crippen molar-refractivity contribution in [3.05, 3.63) is 59.5 Å². The summed E-state index contributed by atoms with van der Waals surface area (Å²) in [7, 11) is 0. The van der Waals surface area contributed by atoms with Gasteiger partial charge in [0.05, 0.1) is 0 Å². The number of halogens is 1. The Morgan fingerprint density at radius 2 is 1.86 bits per heavy atom. The molecule has 0 unspecified atom stereocenters. The predicted octanol–water partition coefficient (Wildman–Crippen LogP) is 2.41. The molecule has 1 saturated heterocycles. The second-order valence-electron chi connectivity index (χ2n) is 5.39. The fourth-order valence-corrected chi connectivity index (χ4v) is 2.69. The van der Waals surface area contributed by atoms with Gasteiger partial charge < -0.3 is 4.90 Å². The Bertz CT molecular complexity index is 687. The van der Waals surface area contributed by atoms with E-state index in [9.17, 15) is 4.39 Å². The van der Waals surface area contributed by atoms with Crippen molar-refractivity contribution in [3.8, 4) is 6.07 Å². The lowest BCUT2D eigenvalue weighted by molar-refractivity contribution is 0.249. The molecule has 0 aliphatic carbocycles. The van der Waals surface area contributed by atoms with Crippen LogP contribution in [0.3, 0.4) is 0 Å². The molecule has 2 heterocycles. The summed E-state index contributed by atoms with van der Waals surface area (Å²) in [4.78, 5) is 8.82. The summed E-state index contributed by atoms with van der Waals surface area (Å²) in [5.41, 5.74) is 1.44. The quantitative estimate of drug-likeness (QED) is 0.872. The fourth-order valence-electron chi connectivity index (χ4n) is 2.69. The maximum atomic E-state index is 13.2. The number of benzene rings is 1. The Labute approximate surface area is 129 Å². The zero-order chi connectivity index (χ0) is 15.4. The molecular weight excluding hydrogens is 279 g/mol. The molecule has 1 aromatic heterocycles. The number of rotatable bonds is 3. The second kappa shape index (κ2) is 6.54. The molecule has 1 aromatic carbocycles. The van der Waals surface area contributed by atoms with Crippen LogP contribution >= 0.6 is 0 Å². The van der Waals surface area contributed by atoms with Crippen molar-refractivity contribution in [1.29, 1.82) is 5.26 Å². The predicted molar refractivity (Wildman–Crippen MR) is 82.8 cm³/mol. The molecule has 4 nitrogen and oxygen atoms in total. The first kappa shape index (κ1) is 14.5. The van der Waals surface area contributed by atoms with Crippen LogP contribution in [-0.4, -0.2) is 36.1 Å². The van der Waals surface area contributed by atoms with Crippen molar-refractivity contribution in [2.24, 2.45) is 0 Å².